The predicted molar refractivity (Wildman–Crippen MR) is 70.4 cm³/mol. The summed E-state index contributed by atoms with van der Waals surface area (Å²) in [5.41, 5.74) is 2.68. The normalized spacial score (nSPS) is 9.89. The number of nitriles is 1. The SMILES string of the molecule is Cc1ccccc1N(C)c1cccc(F)c1C#N. The van der Waals surface area contributed by atoms with Gasteiger partial charge in [-0.1, -0.05) is 24.3 Å². The maximum atomic E-state index is 13.6. The lowest BCUT2D eigenvalue weighted by Crippen LogP contribution is -2.12. The van der Waals surface area contributed by atoms with Crippen LogP contribution in [-0.4, -0.2) is 7.05 Å². The Morgan fingerprint density at radius 2 is 1.72 bits per heavy atom. The zero-order valence-corrected chi connectivity index (χ0v) is 10.3. The third-order valence-electron chi connectivity index (χ3n) is 2.94. The van der Waals surface area contributed by atoms with Gasteiger partial charge in [-0.25, -0.2) is 4.39 Å². The van der Waals surface area contributed by atoms with Crippen LogP contribution in [0.1, 0.15) is 11.1 Å². The van der Waals surface area contributed by atoms with Gasteiger partial charge in [0.15, 0.2) is 0 Å². The van der Waals surface area contributed by atoms with Gasteiger partial charge in [-0.3, -0.25) is 0 Å². The minimum Gasteiger partial charge on any atom is -0.343 e. The summed E-state index contributed by atoms with van der Waals surface area (Å²) in [6, 6.07) is 14.4. The molecule has 0 aliphatic heterocycles. The van der Waals surface area contributed by atoms with Crippen LogP contribution in [0.25, 0.3) is 0 Å². The highest BCUT2D eigenvalue weighted by Gasteiger charge is 2.13. The molecule has 0 heterocycles. The Morgan fingerprint density at radius 3 is 2.39 bits per heavy atom. The van der Waals surface area contributed by atoms with Gasteiger partial charge in [0.05, 0.1) is 5.69 Å². The summed E-state index contributed by atoms with van der Waals surface area (Å²) in [5.74, 6) is -0.490. The third-order valence-corrected chi connectivity index (χ3v) is 2.94. The lowest BCUT2D eigenvalue weighted by atomic mass is 10.1. The van der Waals surface area contributed by atoms with Crippen molar-refractivity contribution < 1.29 is 4.39 Å². The topological polar surface area (TPSA) is 27.0 Å². The highest BCUT2D eigenvalue weighted by atomic mass is 19.1. The van der Waals surface area contributed by atoms with Crippen LogP contribution >= 0.6 is 0 Å². The van der Waals surface area contributed by atoms with E-state index in [9.17, 15) is 4.39 Å². The maximum Gasteiger partial charge on any atom is 0.143 e. The van der Waals surface area contributed by atoms with E-state index < -0.39 is 5.82 Å². The Kier molecular flexibility index (Phi) is 3.29. The largest absolute Gasteiger partial charge is 0.343 e. The molecule has 2 aromatic rings. The number of halogens is 1. The van der Waals surface area contributed by atoms with Crippen molar-refractivity contribution in [2.24, 2.45) is 0 Å². The molecular formula is C15H13FN2. The van der Waals surface area contributed by atoms with Gasteiger partial charge >= 0.3 is 0 Å². The Bertz CT molecular complexity index is 614. The van der Waals surface area contributed by atoms with Crippen molar-refractivity contribution in [2.75, 3.05) is 11.9 Å². The molecule has 0 aromatic heterocycles. The maximum absolute atomic E-state index is 13.6. The van der Waals surface area contributed by atoms with Crippen molar-refractivity contribution in [1.29, 1.82) is 5.26 Å². The third kappa shape index (κ3) is 2.05. The van der Waals surface area contributed by atoms with Gasteiger partial charge in [0.1, 0.15) is 17.4 Å². The quantitative estimate of drug-likeness (QED) is 0.798. The van der Waals surface area contributed by atoms with E-state index in [1.54, 1.807) is 12.1 Å². The molecule has 0 fully saturated rings. The molecule has 0 bridgehead atoms. The Labute approximate surface area is 106 Å². The molecule has 0 aliphatic carbocycles. The Hall–Kier alpha value is -2.34. The molecule has 0 spiro atoms. The zero-order valence-electron chi connectivity index (χ0n) is 10.3. The average Bonchev–Trinajstić information content (AvgIpc) is 2.38. The first-order chi connectivity index (χ1) is 8.65. The highest BCUT2D eigenvalue weighted by molar-refractivity contribution is 5.70. The molecule has 0 amide bonds. The fourth-order valence-electron chi connectivity index (χ4n) is 1.97. The molecule has 2 aromatic carbocycles. The average molecular weight is 240 g/mol. The second kappa shape index (κ2) is 4.89. The molecule has 90 valence electrons. The summed E-state index contributed by atoms with van der Waals surface area (Å²) < 4.78 is 13.6. The first-order valence-electron chi connectivity index (χ1n) is 5.63. The standard InChI is InChI=1S/C15H13FN2/c1-11-6-3-4-8-14(11)18(2)15-9-5-7-13(16)12(15)10-17/h3-9H,1-2H3. The predicted octanol–water partition coefficient (Wildman–Crippen LogP) is 3.77. The monoisotopic (exact) mass is 240 g/mol. The van der Waals surface area contributed by atoms with E-state index in [1.807, 2.05) is 49.2 Å². The van der Waals surface area contributed by atoms with Gasteiger partial charge in [0.2, 0.25) is 0 Å². The molecule has 2 nitrogen and oxygen atoms in total. The van der Waals surface area contributed by atoms with E-state index in [0.29, 0.717) is 5.69 Å². The Balaban J connectivity index is 2.54. The van der Waals surface area contributed by atoms with E-state index in [2.05, 4.69) is 0 Å². The number of benzene rings is 2. The smallest absolute Gasteiger partial charge is 0.143 e. The second-order valence-corrected chi connectivity index (χ2v) is 4.09. The van der Waals surface area contributed by atoms with Crippen LogP contribution in [0.2, 0.25) is 0 Å². The molecule has 0 atom stereocenters. The van der Waals surface area contributed by atoms with Crippen molar-refractivity contribution >= 4 is 11.4 Å². The summed E-state index contributed by atoms with van der Waals surface area (Å²) in [5, 5.41) is 9.05. The van der Waals surface area contributed by atoms with Gasteiger partial charge in [-0.15, -0.1) is 0 Å². The van der Waals surface area contributed by atoms with Crippen LogP contribution in [0.15, 0.2) is 42.5 Å². The fraction of sp³-hybridized carbons (Fsp3) is 0.133. The summed E-state index contributed by atoms with van der Waals surface area (Å²) >= 11 is 0. The van der Waals surface area contributed by atoms with Gasteiger partial charge in [-0.2, -0.15) is 5.26 Å². The van der Waals surface area contributed by atoms with Crippen molar-refractivity contribution in [3.05, 3.63) is 59.4 Å². The molecule has 0 saturated carbocycles. The number of rotatable bonds is 2. The van der Waals surface area contributed by atoms with Crippen LogP contribution < -0.4 is 4.90 Å². The van der Waals surface area contributed by atoms with E-state index >= 15 is 0 Å². The summed E-state index contributed by atoms with van der Waals surface area (Å²) in [4.78, 5) is 1.83. The lowest BCUT2D eigenvalue weighted by Gasteiger charge is -2.22. The molecule has 0 radical (unpaired) electrons. The van der Waals surface area contributed by atoms with Gasteiger partial charge in [-0.05, 0) is 30.7 Å². The number of nitrogens with zero attached hydrogens (tertiary/aromatic N) is 2. The zero-order chi connectivity index (χ0) is 13.1. The molecule has 2 rings (SSSR count). The van der Waals surface area contributed by atoms with E-state index in [-0.39, 0.29) is 5.56 Å². The number of aryl methyl sites for hydroxylation is 1. The lowest BCUT2D eigenvalue weighted by molar-refractivity contribution is 0.624. The van der Waals surface area contributed by atoms with E-state index in [0.717, 1.165) is 11.3 Å². The van der Waals surface area contributed by atoms with Crippen molar-refractivity contribution in [3.8, 4) is 6.07 Å². The fourth-order valence-corrected chi connectivity index (χ4v) is 1.97. The van der Waals surface area contributed by atoms with Crippen molar-refractivity contribution in [2.45, 2.75) is 6.92 Å². The van der Waals surface area contributed by atoms with Crippen LogP contribution in [0.4, 0.5) is 15.8 Å². The number of hydrogen-bond donors (Lipinski definition) is 0. The summed E-state index contributed by atoms with van der Waals surface area (Å²) in [6.45, 7) is 1.98. The van der Waals surface area contributed by atoms with Crippen LogP contribution in [0.5, 0.6) is 0 Å². The van der Waals surface area contributed by atoms with Gasteiger partial charge in [0, 0.05) is 12.7 Å². The molecule has 0 aliphatic rings. The first-order valence-corrected chi connectivity index (χ1v) is 5.63. The first kappa shape index (κ1) is 12.1. The van der Waals surface area contributed by atoms with Crippen LogP contribution in [-0.2, 0) is 0 Å². The molecule has 3 heteroatoms. The molecule has 0 saturated heterocycles. The molecule has 0 N–H and O–H groups in total. The minimum absolute atomic E-state index is 0.0725. The minimum atomic E-state index is -0.490. The summed E-state index contributed by atoms with van der Waals surface area (Å²) in [6.07, 6.45) is 0. The number of hydrogen-bond acceptors (Lipinski definition) is 2. The van der Waals surface area contributed by atoms with E-state index in [4.69, 9.17) is 5.26 Å². The van der Waals surface area contributed by atoms with Crippen molar-refractivity contribution in [3.63, 3.8) is 0 Å². The van der Waals surface area contributed by atoms with E-state index in [1.165, 1.54) is 6.07 Å². The second-order valence-electron chi connectivity index (χ2n) is 4.09. The highest BCUT2D eigenvalue weighted by Crippen LogP contribution is 2.29. The van der Waals surface area contributed by atoms with Crippen LogP contribution in [0.3, 0.4) is 0 Å². The van der Waals surface area contributed by atoms with Gasteiger partial charge < -0.3 is 4.90 Å². The van der Waals surface area contributed by atoms with Crippen molar-refractivity contribution in [1.82, 2.24) is 0 Å². The molecule has 0 unspecified atom stereocenters. The van der Waals surface area contributed by atoms with Gasteiger partial charge in [0.25, 0.3) is 0 Å². The molecule has 18 heavy (non-hydrogen) atoms. The summed E-state index contributed by atoms with van der Waals surface area (Å²) in [7, 11) is 1.83. The Morgan fingerprint density at radius 1 is 1.06 bits per heavy atom. The number of anilines is 2. The number of para-hydroxylation sites is 1. The molecular weight excluding hydrogens is 227 g/mol. The van der Waals surface area contributed by atoms with Crippen LogP contribution in [0, 0.1) is 24.1 Å².